The van der Waals surface area contributed by atoms with E-state index < -0.39 is 0 Å². The fraction of sp³-hybridized carbons (Fsp3) is 0.471. The molecule has 1 aromatic heterocycles. The molecule has 0 spiro atoms. The lowest BCUT2D eigenvalue weighted by Crippen LogP contribution is -2.34. The monoisotopic (exact) mass is 317 g/mol. The number of methoxy groups -OCH3 is 1. The number of rotatable bonds is 6. The van der Waals surface area contributed by atoms with Crippen LogP contribution in [-0.4, -0.2) is 54.7 Å². The van der Waals surface area contributed by atoms with Gasteiger partial charge in [0.2, 0.25) is 0 Å². The van der Waals surface area contributed by atoms with Gasteiger partial charge in [-0.3, -0.25) is 4.98 Å². The number of fused-ring (bicyclic) bond motifs is 1. The van der Waals surface area contributed by atoms with Gasteiger partial charge in [0, 0.05) is 48.8 Å². The van der Waals surface area contributed by atoms with Crippen LogP contribution in [0.15, 0.2) is 30.5 Å². The van der Waals surface area contributed by atoms with Gasteiger partial charge < -0.3 is 15.0 Å². The average Bonchev–Trinajstić information content (AvgIpc) is 2.59. The molecule has 118 valence electrons. The Bertz CT molecular complexity index is 614. The highest BCUT2D eigenvalue weighted by Crippen LogP contribution is 2.27. The van der Waals surface area contributed by atoms with Crippen molar-refractivity contribution in [1.29, 1.82) is 0 Å². The summed E-state index contributed by atoms with van der Waals surface area (Å²) in [5, 5.41) is 4.64. The smallest absolute Gasteiger partial charge is 0.121 e. The molecule has 2 heterocycles. The maximum atomic E-state index is 5.39. The summed E-state index contributed by atoms with van der Waals surface area (Å²) < 4.78 is 5.39. The van der Waals surface area contributed by atoms with Crippen LogP contribution in [0.25, 0.3) is 10.9 Å². The Morgan fingerprint density at radius 1 is 1.32 bits per heavy atom. The van der Waals surface area contributed by atoms with E-state index in [0.29, 0.717) is 0 Å². The quantitative estimate of drug-likeness (QED) is 0.829. The lowest BCUT2D eigenvalue weighted by atomic mass is 10.1. The summed E-state index contributed by atoms with van der Waals surface area (Å²) in [7, 11) is 1.70. The van der Waals surface area contributed by atoms with E-state index in [4.69, 9.17) is 4.74 Å². The maximum Gasteiger partial charge on any atom is 0.121 e. The number of hydrogen-bond donors (Lipinski definition) is 1. The van der Waals surface area contributed by atoms with Gasteiger partial charge in [-0.15, -0.1) is 0 Å². The molecule has 5 heteroatoms. The summed E-state index contributed by atoms with van der Waals surface area (Å²) >= 11 is 2.06. The molecule has 1 N–H and O–H groups in total. The van der Waals surface area contributed by atoms with Crippen molar-refractivity contribution in [3.8, 4) is 5.75 Å². The van der Waals surface area contributed by atoms with Crippen molar-refractivity contribution in [2.75, 3.05) is 50.1 Å². The normalized spacial score (nSPS) is 15.9. The fourth-order valence-electron chi connectivity index (χ4n) is 2.77. The molecule has 0 atom stereocenters. The predicted octanol–water partition coefficient (Wildman–Crippen LogP) is 3.09. The van der Waals surface area contributed by atoms with Crippen LogP contribution < -0.4 is 10.1 Å². The first-order valence-electron chi connectivity index (χ1n) is 7.83. The van der Waals surface area contributed by atoms with Crippen LogP contribution in [0.3, 0.4) is 0 Å². The minimum atomic E-state index is 0.871. The molecule has 0 bridgehead atoms. The van der Waals surface area contributed by atoms with E-state index in [1.807, 2.05) is 24.4 Å². The Labute approximate surface area is 136 Å². The molecular weight excluding hydrogens is 294 g/mol. The highest BCUT2D eigenvalue weighted by Gasteiger charge is 2.10. The number of anilines is 1. The molecule has 1 aliphatic heterocycles. The van der Waals surface area contributed by atoms with Gasteiger partial charge in [0.05, 0.1) is 18.3 Å². The molecule has 1 saturated heterocycles. The molecule has 0 amide bonds. The van der Waals surface area contributed by atoms with E-state index in [1.165, 1.54) is 31.1 Å². The Balaban J connectivity index is 1.60. The molecule has 2 aromatic rings. The SMILES string of the molecule is COc1cc(NCCCN2CCSCC2)c2ncccc2c1. The Morgan fingerprint density at radius 3 is 3.00 bits per heavy atom. The van der Waals surface area contributed by atoms with Crippen molar-refractivity contribution >= 4 is 28.4 Å². The summed E-state index contributed by atoms with van der Waals surface area (Å²) in [4.78, 5) is 7.05. The van der Waals surface area contributed by atoms with Crippen LogP contribution in [0.2, 0.25) is 0 Å². The molecule has 0 saturated carbocycles. The molecule has 0 unspecified atom stereocenters. The predicted molar refractivity (Wildman–Crippen MR) is 95.2 cm³/mol. The van der Waals surface area contributed by atoms with E-state index in [1.54, 1.807) is 7.11 Å². The van der Waals surface area contributed by atoms with Gasteiger partial charge in [-0.2, -0.15) is 11.8 Å². The fourth-order valence-corrected chi connectivity index (χ4v) is 3.75. The largest absolute Gasteiger partial charge is 0.497 e. The van der Waals surface area contributed by atoms with E-state index in [2.05, 4.69) is 33.0 Å². The van der Waals surface area contributed by atoms with Gasteiger partial charge in [-0.1, -0.05) is 6.07 Å². The van der Waals surface area contributed by atoms with Gasteiger partial charge in [-0.25, -0.2) is 0 Å². The van der Waals surface area contributed by atoms with Crippen LogP contribution in [0.1, 0.15) is 6.42 Å². The molecule has 1 fully saturated rings. The van der Waals surface area contributed by atoms with Crippen molar-refractivity contribution in [3.63, 3.8) is 0 Å². The highest BCUT2D eigenvalue weighted by atomic mass is 32.2. The molecule has 4 nitrogen and oxygen atoms in total. The highest BCUT2D eigenvalue weighted by molar-refractivity contribution is 7.99. The van der Waals surface area contributed by atoms with Crippen LogP contribution >= 0.6 is 11.8 Å². The van der Waals surface area contributed by atoms with E-state index >= 15 is 0 Å². The average molecular weight is 317 g/mol. The summed E-state index contributed by atoms with van der Waals surface area (Å²) in [6, 6.07) is 8.09. The third-order valence-corrected chi connectivity index (χ3v) is 4.93. The number of nitrogens with one attached hydrogen (secondary N) is 1. The first kappa shape index (κ1) is 15.4. The van der Waals surface area contributed by atoms with Crippen molar-refractivity contribution in [3.05, 3.63) is 30.5 Å². The molecule has 0 radical (unpaired) electrons. The molecule has 0 aliphatic carbocycles. The summed E-state index contributed by atoms with van der Waals surface area (Å²) in [6.45, 7) is 4.59. The molecule has 3 rings (SSSR count). The number of hydrogen-bond acceptors (Lipinski definition) is 5. The van der Waals surface area contributed by atoms with Crippen molar-refractivity contribution in [2.24, 2.45) is 0 Å². The van der Waals surface area contributed by atoms with Gasteiger partial charge in [0.15, 0.2) is 0 Å². The summed E-state index contributed by atoms with van der Waals surface area (Å²) in [5.74, 6) is 3.42. The Hall–Kier alpha value is -1.46. The third kappa shape index (κ3) is 3.84. The third-order valence-electron chi connectivity index (χ3n) is 3.98. The lowest BCUT2D eigenvalue weighted by Gasteiger charge is -2.26. The zero-order chi connectivity index (χ0) is 15.2. The Kier molecular flexibility index (Phi) is 5.40. The molecule has 22 heavy (non-hydrogen) atoms. The first-order valence-corrected chi connectivity index (χ1v) is 8.99. The molecule has 1 aliphatic rings. The summed E-state index contributed by atoms with van der Waals surface area (Å²) in [6.07, 6.45) is 2.99. The van der Waals surface area contributed by atoms with Crippen molar-refractivity contribution in [2.45, 2.75) is 6.42 Å². The lowest BCUT2D eigenvalue weighted by molar-refractivity contribution is 0.301. The van der Waals surface area contributed by atoms with Crippen LogP contribution in [-0.2, 0) is 0 Å². The number of nitrogens with zero attached hydrogens (tertiary/aromatic N) is 2. The zero-order valence-electron chi connectivity index (χ0n) is 13.0. The second-order valence-corrected chi connectivity index (χ2v) is 6.71. The zero-order valence-corrected chi connectivity index (χ0v) is 13.9. The van der Waals surface area contributed by atoms with Gasteiger partial charge in [0.1, 0.15) is 5.75 Å². The molecular formula is C17H23N3OS. The second-order valence-electron chi connectivity index (χ2n) is 5.48. The van der Waals surface area contributed by atoms with E-state index in [0.717, 1.165) is 35.3 Å². The van der Waals surface area contributed by atoms with Crippen LogP contribution in [0.4, 0.5) is 5.69 Å². The van der Waals surface area contributed by atoms with Crippen LogP contribution in [0, 0.1) is 0 Å². The number of pyridine rings is 1. The van der Waals surface area contributed by atoms with E-state index in [9.17, 15) is 0 Å². The number of aromatic nitrogens is 1. The number of ether oxygens (including phenoxy) is 1. The first-order chi connectivity index (χ1) is 10.9. The maximum absolute atomic E-state index is 5.39. The second kappa shape index (κ2) is 7.70. The van der Waals surface area contributed by atoms with Crippen molar-refractivity contribution < 1.29 is 4.74 Å². The topological polar surface area (TPSA) is 37.4 Å². The molecule has 1 aromatic carbocycles. The standard InChI is InChI=1S/C17H23N3OS/c1-21-15-12-14-4-2-5-19-17(14)16(13-15)18-6-3-7-20-8-10-22-11-9-20/h2,4-5,12-13,18H,3,6-11H2,1H3. The van der Waals surface area contributed by atoms with E-state index in [-0.39, 0.29) is 0 Å². The van der Waals surface area contributed by atoms with Gasteiger partial charge in [-0.05, 0) is 25.1 Å². The minimum Gasteiger partial charge on any atom is -0.497 e. The van der Waals surface area contributed by atoms with Gasteiger partial charge >= 0.3 is 0 Å². The summed E-state index contributed by atoms with van der Waals surface area (Å²) in [5.41, 5.74) is 2.07. The number of benzene rings is 1. The number of thioether (sulfide) groups is 1. The Morgan fingerprint density at radius 2 is 2.18 bits per heavy atom. The van der Waals surface area contributed by atoms with Crippen molar-refractivity contribution in [1.82, 2.24) is 9.88 Å². The minimum absolute atomic E-state index is 0.871. The van der Waals surface area contributed by atoms with Crippen LogP contribution in [0.5, 0.6) is 5.75 Å². The van der Waals surface area contributed by atoms with Gasteiger partial charge in [0.25, 0.3) is 0 Å².